The summed E-state index contributed by atoms with van der Waals surface area (Å²) in [6, 6.07) is 20.3. The Labute approximate surface area is 206 Å². The maximum absolute atomic E-state index is 11.6. The van der Waals surface area contributed by atoms with Crippen LogP contribution in [0.3, 0.4) is 0 Å². The van der Waals surface area contributed by atoms with Gasteiger partial charge in [0.1, 0.15) is 0 Å². The molecule has 6 nitrogen and oxygen atoms in total. The van der Waals surface area contributed by atoms with Crippen LogP contribution in [0, 0.1) is 12.8 Å². The van der Waals surface area contributed by atoms with Gasteiger partial charge in [-0.2, -0.15) is 0 Å². The van der Waals surface area contributed by atoms with Crippen molar-refractivity contribution in [3.63, 3.8) is 0 Å². The first-order valence-electron chi connectivity index (χ1n) is 12.3. The SMILES string of the molecule is Cc1c(Cc2ccc(C(=O)NO)cc2)c2ccccc2n1CC1CCN(Cc2cccnc2)CC1. The second-order valence-corrected chi connectivity index (χ2v) is 9.59. The van der Waals surface area contributed by atoms with Crippen molar-refractivity contribution in [1.29, 1.82) is 0 Å². The number of para-hydroxylation sites is 1. The quantitative estimate of drug-likeness (QED) is 0.297. The van der Waals surface area contributed by atoms with Crippen LogP contribution in [-0.2, 0) is 19.5 Å². The molecular formula is C29H32N4O2. The number of aromatic nitrogens is 2. The Balaban J connectivity index is 1.30. The van der Waals surface area contributed by atoms with Crippen molar-refractivity contribution in [2.45, 2.75) is 39.3 Å². The van der Waals surface area contributed by atoms with E-state index in [1.807, 2.05) is 30.6 Å². The maximum Gasteiger partial charge on any atom is 0.274 e. The minimum atomic E-state index is -0.490. The molecule has 5 rings (SSSR count). The van der Waals surface area contributed by atoms with Gasteiger partial charge >= 0.3 is 0 Å². The third-order valence-corrected chi connectivity index (χ3v) is 7.34. The third-order valence-electron chi connectivity index (χ3n) is 7.34. The fourth-order valence-corrected chi connectivity index (χ4v) is 5.34. The van der Waals surface area contributed by atoms with Crippen LogP contribution in [0.25, 0.3) is 10.9 Å². The number of fused-ring (bicyclic) bond motifs is 1. The highest BCUT2D eigenvalue weighted by atomic mass is 16.5. The summed E-state index contributed by atoms with van der Waals surface area (Å²) >= 11 is 0. The van der Waals surface area contributed by atoms with E-state index >= 15 is 0 Å². The number of hydroxylamine groups is 1. The van der Waals surface area contributed by atoms with Crippen LogP contribution in [0.15, 0.2) is 73.1 Å². The molecule has 2 aromatic heterocycles. The van der Waals surface area contributed by atoms with E-state index in [0.717, 1.165) is 38.2 Å². The van der Waals surface area contributed by atoms with E-state index in [-0.39, 0.29) is 0 Å². The first kappa shape index (κ1) is 23.3. The molecule has 0 atom stereocenters. The van der Waals surface area contributed by atoms with E-state index in [1.54, 1.807) is 17.6 Å². The summed E-state index contributed by atoms with van der Waals surface area (Å²) in [4.78, 5) is 18.4. The Bertz CT molecular complexity index is 1290. The molecule has 1 fully saturated rings. The second kappa shape index (κ2) is 10.4. The van der Waals surface area contributed by atoms with Crippen molar-refractivity contribution in [2.24, 2.45) is 5.92 Å². The van der Waals surface area contributed by atoms with Crippen LogP contribution >= 0.6 is 0 Å². The van der Waals surface area contributed by atoms with Gasteiger partial charge in [0.15, 0.2) is 0 Å². The number of piperidine rings is 1. The van der Waals surface area contributed by atoms with Crippen molar-refractivity contribution in [2.75, 3.05) is 13.1 Å². The van der Waals surface area contributed by atoms with Crippen molar-refractivity contribution in [3.05, 3.63) is 101 Å². The molecular weight excluding hydrogens is 436 g/mol. The number of nitrogens with one attached hydrogen (secondary N) is 1. The molecule has 0 radical (unpaired) electrons. The molecule has 1 saturated heterocycles. The average Bonchev–Trinajstić information content (AvgIpc) is 3.16. The van der Waals surface area contributed by atoms with Gasteiger partial charge in [0.2, 0.25) is 0 Å². The van der Waals surface area contributed by atoms with Gasteiger partial charge in [0, 0.05) is 47.6 Å². The van der Waals surface area contributed by atoms with Crippen LogP contribution in [0.4, 0.5) is 0 Å². The summed E-state index contributed by atoms with van der Waals surface area (Å²) in [6.45, 7) is 6.51. The lowest BCUT2D eigenvalue weighted by molar-refractivity contribution is 0.0706. The summed E-state index contributed by atoms with van der Waals surface area (Å²) in [6.07, 6.45) is 7.02. The lowest BCUT2D eigenvalue weighted by Gasteiger charge is -2.32. The van der Waals surface area contributed by atoms with E-state index in [4.69, 9.17) is 5.21 Å². The Hall–Kier alpha value is -3.48. The topological polar surface area (TPSA) is 70.4 Å². The van der Waals surface area contributed by atoms with E-state index in [1.165, 1.54) is 40.6 Å². The first-order chi connectivity index (χ1) is 17.1. The third kappa shape index (κ3) is 5.14. The van der Waals surface area contributed by atoms with Crippen LogP contribution in [-0.4, -0.2) is 38.7 Å². The van der Waals surface area contributed by atoms with E-state index < -0.39 is 5.91 Å². The van der Waals surface area contributed by atoms with Gasteiger partial charge in [-0.3, -0.25) is 19.9 Å². The molecule has 35 heavy (non-hydrogen) atoms. The van der Waals surface area contributed by atoms with Crippen LogP contribution in [0.5, 0.6) is 0 Å². The minimum Gasteiger partial charge on any atom is -0.344 e. The normalized spacial score (nSPS) is 14.9. The van der Waals surface area contributed by atoms with Crippen LogP contribution in [0.2, 0.25) is 0 Å². The zero-order valence-electron chi connectivity index (χ0n) is 20.2. The van der Waals surface area contributed by atoms with Gasteiger partial charge in [0.05, 0.1) is 0 Å². The van der Waals surface area contributed by atoms with Crippen molar-refractivity contribution < 1.29 is 10.0 Å². The zero-order chi connectivity index (χ0) is 24.2. The van der Waals surface area contributed by atoms with Crippen LogP contribution in [0.1, 0.15) is 45.6 Å². The van der Waals surface area contributed by atoms with Crippen molar-refractivity contribution in [1.82, 2.24) is 19.9 Å². The summed E-state index contributed by atoms with van der Waals surface area (Å²) in [7, 11) is 0. The molecule has 0 aliphatic carbocycles. The van der Waals surface area contributed by atoms with E-state index in [2.05, 4.69) is 51.7 Å². The molecule has 4 aromatic rings. The number of benzene rings is 2. The van der Waals surface area contributed by atoms with Crippen molar-refractivity contribution in [3.8, 4) is 0 Å². The number of carbonyl (C=O) groups excluding carboxylic acids is 1. The summed E-state index contributed by atoms with van der Waals surface area (Å²) in [5.41, 5.74) is 8.54. The highest BCUT2D eigenvalue weighted by Crippen LogP contribution is 2.31. The Morgan fingerprint density at radius 3 is 2.51 bits per heavy atom. The number of pyridine rings is 1. The number of likely N-dealkylation sites (tertiary alicyclic amines) is 1. The minimum absolute atomic E-state index is 0.449. The number of hydrogen-bond acceptors (Lipinski definition) is 4. The molecule has 6 heteroatoms. The molecule has 0 saturated carbocycles. The van der Waals surface area contributed by atoms with Gasteiger partial charge in [-0.1, -0.05) is 36.4 Å². The first-order valence-corrected chi connectivity index (χ1v) is 12.3. The summed E-state index contributed by atoms with van der Waals surface area (Å²) in [5.74, 6) is 0.176. The number of hydrogen-bond donors (Lipinski definition) is 2. The Morgan fingerprint density at radius 2 is 1.80 bits per heavy atom. The highest BCUT2D eigenvalue weighted by Gasteiger charge is 2.22. The van der Waals surface area contributed by atoms with Gasteiger partial charge in [-0.05, 0) is 86.1 Å². The molecule has 3 heterocycles. The van der Waals surface area contributed by atoms with E-state index in [0.29, 0.717) is 11.5 Å². The Morgan fingerprint density at radius 1 is 1.03 bits per heavy atom. The van der Waals surface area contributed by atoms with Crippen molar-refractivity contribution >= 4 is 16.8 Å². The number of rotatable bonds is 7. The molecule has 0 bridgehead atoms. The summed E-state index contributed by atoms with van der Waals surface area (Å²) < 4.78 is 2.51. The highest BCUT2D eigenvalue weighted by molar-refractivity contribution is 5.93. The lowest BCUT2D eigenvalue weighted by atomic mass is 9.96. The number of nitrogens with zero attached hydrogens (tertiary/aromatic N) is 3. The molecule has 180 valence electrons. The van der Waals surface area contributed by atoms with E-state index in [9.17, 15) is 4.79 Å². The molecule has 2 N–H and O–H groups in total. The number of carbonyl (C=O) groups is 1. The zero-order valence-corrected chi connectivity index (χ0v) is 20.2. The molecule has 0 unspecified atom stereocenters. The molecule has 1 aliphatic rings. The smallest absolute Gasteiger partial charge is 0.274 e. The van der Waals surface area contributed by atoms with Gasteiger partial charge in [-0.15, -0.1) is 0 Å². The van der Waals surface area contributed by atoms with Gasteiger partial charge in [-0.25, -0.2) is 5.48 Å². The summed E-state index contributed by atoms with van der Waals surface area (Å²) in [5, 5.41) is 10.2. The molecule has 2 aromatic carbocycles. The standard InChI is InChI=1S/C29H32N4O2/c1-21-27(17-22-8-10-25(11-9-22)29(34)31-35)26-6-2-3-7-28(26)33(21)20-23-12-15-32(16-13-23)19-24-5-4-14-30-18-24/h2-11,14,18,23,35H,12-13,15-17,19-20H2,1H3,(H,31,34). The predicted octanol–water partition coefficient (Wildman–Crippen LogP) is 4.97. The average molecular weight is 469 g/mol. The van der Waals surface area contributed by atoms with Gasteiger partial charge < -0.3 is 4.57 Å². The maximum atomic E-state index is 11.6. The Kier molecular flexibility index (Phi) is 6.93. The van der Waals surface area contributed by atoms with Crippen LogP contribution < -0.4 is 5.48 Å². The monoisotopic (exact) mass is 468 g/mol. The number of amides is 1. The fourth-order valence-electron chi connectivity index (χ4n) is 5.34. The predicted molar refractivity (Wildman–Crippen MR) is 137 cm³/mol. The second-order valence-electron chi connectivity index (χ2n) is 9.59. The van der Waals surface area contributed by atoms with Gasteiger partial charge in [0.25, 0.3) is 5.91 Å². The largest absolute Gasteiger partial charge is 0.344 e. The molecule has 1 amide bonds. The fraction of sp³-hybridized carbons (Fsp3) is 0.310. The lowest BCUT2D eigenvalue weighted by Crippen LogP contribution is -2.34. The molecule has 1 aliphatic heterocycles. The molecule has 0 spiro atoms.